The summed E-state index contributed by atoms with van der Waals surface area (Å²) in [6.07, 6.45) is -3.74. The van der Waals surface area contributed by atoms with Gasteiger partial charge < -0.3 is 18.9 Å². The lowest BCUT2D eigenvalue weighted by Gasteiger charge is -2.28. The van der Waals surface area contributed by atoms with E-state index in [1.807, 2.05) is 0 Å². The summed E-state index contributed by atoms with van der Waals surface area (Å²) < 4.78 is 20.3. The van der Waals surface area contributed by atoms with Crippen LogP contribution in [0, 0.1) is 0 Å². The molecule has 1 saturated heterocycles. The number of carbonyl (C=O) groups is 5. The average molecular weight is 359 g/mol. The van der Waals surface area contributed by atoms with Crippen molar-refractivity contribution in [3.8, 4) is 0 Å². The molecule has 0 aromatic rings. The van der Waals surface area contributed by atoms with E-state index in [9.17, 15) is 24.0 Å². The third kappa shape index (κ3) is 5.44. The first-order valence-corrected chi connectivity index (χ1v) is 7.48. The van der Waals surface area contributed by atoms with Gasteiger partial charge in [-0.2, -0.15) is 0 Å². The monoisotopic (exact) mass is 359 g/mol. The zero-order valence-corrected chi connectivity index (χ0v) is 14.6. The number of amides is 1. The standard InChI is InChI=1S/C15H21NO9/c1-7(17)16-12(6-22-8(2)18)13(23-9(3)19)14(24-10(4)20)15(16)25-11(5)21/h12-15H,6H2,1-5H3/t12-,13-,14-,15+/m0/s1. The zero-order chi connectivity index (χ0) is 19.3. The summed E-state index contributed by atoms with van der Waals surface area (Å²) in [6.45, 7) is 5.39. The van der Waals surface area contributed by atoms with Gasteiger partial charge in [-0.05, 0) is 0 Å². The van der Waals surface area contributed by atoms with Gasteiger partial charge in [-0.3, -0.25) is 28.9 Å². The van der Waals surface area contributed by atoms with Crippen molar-refractivity contribution in [3.05, 3.63) is 0 Å². The van der Waals surface area contributed by atoms with Crippen LogP contribution in [0.5, 0.6) is 0 Å². The summed E-state index contributed by atoms with van der Waals surface area (Å²) in [7, 11) is 0. The van der Waals surface area contributed by atoms with Crippen LogP contribution < -0.4 is 0 Å². The molecule has 0 N–H and O–H groups in total. The molecule has 1 rings (SSSR count). The summed E-state index contributed by atoms with van der Waals surface area (Å²) in [5.41, 5.74) is 0. The number of likely N-dealkylation sites (tertiary alicyclic amines) is 1. The van der Waals surface area contributed by atoms with Crippen molar-refractivity contribution in [2.45, 2.75) is 59.1 Å². The SMILES string of the molecule is CC(=O)OC[C@H]1[C@H](OC(C)=O)[C@H](OC(C)=O)[C@@H](OC(C)=O)N1C(C)=O. The Morgan fingerprint density at radius 1 is 0.720 bits per heavy atom. The number of carbonyl (C=O) groups excluding carboxylic acids is 5. The molecule has 1 fully saturated rings. The number of hydrogen-bond acceptors (Lipinski definition) is 9. The van der Waals surface area contributed by atoms with Crippen LogP contribution in [0.1, 0.15) is 34.6 Å². The largest absolute Gasteiger partial charge is 0.464 e. The molecule has 0 spiro atoms. The highest BCUT2D eigenvalue weighted by Gasteiger charge is 2.56. The van der Waals surface area contributed by atoms with Gasteiger partial charge in [-0.1, -0.05) is 0 Å². The Morgan fingerprint density at radius 3 is 1.60 bits per heavy atom. The van der Waals surface area contributed by atoms with Crippen LogP contribution in [0.3, 0.4) is 0 Å². The molecule has 1 amide bonds. The zero-order valence-electron chi connectivity index (χ0n) is 14.6. The molecule has 4 atom stereocenters. The van der Waals surface area contributed by atoms with Crippen LogP contribution >= 0.6 is 0 Å². The van der Waals surface area contributed by atoms with E-state index in [1.165, 1.54) is 13.8 Å². The van der Waals surface area contributed by atoms with Gasteiger partial charge in [0.2, 0.25) is 12.1 Å². The minimum atomic E-state index is -1.32. The minimum absolute atomic E-state index is 0.331. The Bertz CT molecular complexity index is 573. The molecule has 0 unspecified atom stereocenters. The molecule has 0 radical (unpaired) electrons. The van der Waals surface area contributed by atoms with Gasteiger partial charge in [-0.15, -0.1) is 0 Å². The van der Waals surface area contributed by atoms with Gasteiger partial charge in [0.25, 0.3) is 0 Å². The number of esters is 4. The molecule has 0 aliphatic carbocycles. The highest BCUT2D eigenvalue weighted by molar-refractivity contribution is 5.76. The van der Waals surface area contributed by atoms with Crippen LogP contribution in [0.15, 0.2) is 0 Å². The molecule has 10 heteroatoms. The predicted molar refractivity (Wildman–Crippen MR) is 79.6 cm³/mol. The third-order valence-electron chi connectivity index (χ3n) is 3.33. The van der Waals surface area contributed by atoms with Crippen molar-refractivity contribution < 1.29 is 42.9 Å². The molecule has 1 aliphatic rings. The molecule has 25 heavy (non-hydrogen) atoms. The second-order valence-corrected chi connectivity index (χ2v) is 5.44. The molecule has 140 valence electrons. The average Bonchev–Trinajstić information content (AvgIpc) is 2.69. The van der Waals surface area contributed by atoms with E-state index in [0.717, 1.165) is 25.7 Å². The summed E-state index contributed by atoms with van der Waals surface area (Å²) >= 11 is 0. The van der Waals surface area contributed by atoms with Gasteiger partial charge in [0, 0.05) is 34.6 Å². The molecule has 0 aromatic carbocycles. The Morgan fingerprint density at radius 2 is 1.20 bits per heavy atom. The summed E-state index contributed by atoms with van der Waals surface area (Å²) in [4.78, 5) is 58.5. The Balaban J connectivity index is 3.31. The lowest BCUT2D eigenvalue weighted by Crippen LogP contribution is -2.47. The van der Waals surface area contributed by atoms with Gasteiger partial charge in [0.05, 0.1) is 0 Å². The number of ether oxygens (including phenoxy) is 4. The van der Waals surface area contributed by atoms with Crippen LogP contribution in [-0.4, -0.2) is 65.8 Å². The minimum Gasteiger partial charge on any atom is -0.464 e. The van der Waals surface area contributed by atoms with Crippen molar-refractivity contribution in [3.63, 3.8) is 0 Å². The first kappa shape index (κ1) is 20.4. The van der Waals surface area contributed by atoms with E-state index in [-0.39, 0.29) is 6.61 Å². The molecule has 1 aliphatic heterocycles. The fraction of sp³-hybridized carbons (Fsp3) is 0.667. The number of nitrogens with zero attached hydrogens (tertiary/aromatic N) is 1. The van der Waals surface area contributed by atoms with Gasteiger partial charge >= 0.3 is 23.9 Å². The van der Waals surface area contributed by atoms with E-state index in [0.29, 0.717) is 0 Å². The second-order valence-electron chi connectivity index (χ2n) is 5.44. The molecular weight excluding hydrogens is 338 g/mol. The van der Waals surface area contributed by atoms with Crippen molar-refractivity contribution >= 4 is 29.8 Å². The van der Waals surface area contributed by atoms with Crippen molar-refractivity contribution in [2.75, 3.05) is 6.61 Å². The van der Waals surface area contributed by atoms with Crippen molar-refractivity contribution in [2.24, 2.45) is 0 Å². The summed E-state index contributed by atoms with van der Waals surface area (Å²) in [6, 6.07) is -0.987. The van der Waals surface area contributed by atoms with Gasteiger partial charge in [0.1, 0.15) is 12.6 Å². The van der Waals surface area contributed by atoms with E-state index < -0.39 is 54.3 Å². The van der Waals surface area contributed by atoms with E-state index in [4.69, 9.17) is 18.9 Å². The molecule has 0 aromatic heterocycles. The molecule has 10 nitrogen and oxygen atoms in total. The third-order valence-corrected chi connectivity index (χ3v) is 3.33. The van der Waals surface area contributed by atoms with Crippen LogP contribution in [0.2, 0.25) is 0 Å². The van der Waals surface area contributed by atoms with E-state index in [2.05, 4.69) is 0 Å². The highest BCUT2D eigenvalue weighted by atomic mass is 16.6. The highest BCUT2D eigenvalue weighted by Crippen LogP contribution is 2.32. The van der Waals surface area contributed by atoms with Crippen LogP contribution in [-0.2, 0) is 42.9 Å². The van der Waals surface area contributed by atoms with Crippen LogP contribution in [0.25, 0.3) is 0 Å². The summed E-state index contributed by atoms with van der Waals surface area (Å²) in [5, 5.41) is 0. The molecule has 1 heterocycles. The maximum absolute atomic E-state index is 12.1. The molecule has 0 saturated carbocycles. The predicted octanol–water partition coefficient (Wildman–Crippen LogP) is -0.467. The maximum atomic E-state index is 12.1. The second kappa shape index (κ2) is 8.45. The van der Waals surface area contributed by atoms with Gasteiger partial charge in [-0.25, -0.2) is 0 Å². The first-order chi connectivity index (χ1) is 11.5. The quantitative estimate of drug-likeness (QED) is 0.473. The fourth-order valence-electron chi connectivity index (χ4n) is 2.63. The van der Waals surface area contributed by atoms with E-state index in [1.54, 1.807) is 0 Å². The molecule has 0 bridgehead atoms. The lowest BCUT2D eigenvalue weighted by atomic mass is 10.1. The first-order valence-electron chi connectivity index (χ1n) is 7.48. The Labute approximate surface area is 144 Å². The molecular formula is C15H21NO9. The van der Waals surface area contributed by atoms with Gasteiger partial charge in [0.15, 0.2) is 12.2 Å². The Kier molecular flexibility index (Phi) is 6.89. The smallest absolute Gasteiger partial charge is 0.304 e. The van der Waals surface area contributed by atoms with E-state index >= 15 is 0 Å². The van der Waals surface area contributed by atoms with Crippen LogP contribution in [0.4, 0.5) is 0 Å². The summed E-state index contributed by atoms with van der Waals surface area (Å²) in [5.74, 6) is -3.33. The fourth-order valence-corrected chi connectivity index (χ4v) is 2.63. The lowest BCUT2D eigenvalue weighted by molar-refractivity contribution is -0.181. The topological polar surface area (TPSA) is 126 Å². The normalized spacial score (nSPS) is 25.1. The van der Waals surface area contributed by atoms with Crippen molar-refractivity contribution in [1.29, 1.82) is 0 Å². The number of rotatable bonds is 5. The maximum Gasteiger partial charge on any atom is 0.304 e. The number of hydrogen-bond donors (Lipinski definition) is 0. The Hall–Kier alpha value is -2.65. The van der Waals surface area contributed by atoms with Crippen molar-refractivity contribution in [1.82, 2.24) is 4.90 Å².